The summed E-state index contributed by atoms with van der Waals surface area (Å²) >= 11 is 0. The van der Waals surface area contributed by atoms with Crippen molar-refractivity contribution in [3.8, 4) is 0 Å². The normalized spacial score (nSPS) is 18.9. The standard InChI is InChI=1S/C22H26N2O2/c25-16-20-14-23(10-11-26-17-20)13-19-6-7-21-8-9-24(22(21)12-19)15-18-4-2-1-3-5-18/h1-9,12,20,25H,10-11,13-17H2/t20-/m0/s1. The molecule has 2 heterocycles. The molecule has 2 aromatic carbocycles. The summed E-state index contributed by atoms with van der Waals surface area (Å²) in [6, 6.07) is 19.5. The van der Waals surface area contributed by atoms with E-state index in [9.17, 15) is 5.11 Å². The molecule has 1 atom stereocenters. The van der Waals surface area contributed by atoms with Gasteiger partial charge in [-0.2, -0.15) is 0 Å². The molecule has 1 aromatic heterocycles. The van der Waals surface area contributed by atoms with Crippen molar-refractivity contribution in [2.75, 3.05) is 32.9 Å². The summed E-state index contributed by atoms with van der Waals surface area (Å²) in [4.78, 5) is 2.39. The number of benzene rings is 2. The van der Waals surface area contributed by atoms with E-state index in [1.54, 1.807) is 0 Å². The Morgan fingerprint density at radius 1 is 1.00 bits per heavy atom. The molecule has 4 heteroatoms. The van der Waals surface area contributed by atoms with Crippen molar-refractivity contribution in [1.29, 1.82) is 0 Å². The summed E-state index contributed by atoms with van der Waals surface area (Å²) in [7, 11) is 0. The highest BCUT2D eigenvalue weighted by molar-refractivity contribution is 5.81. The Labute approximate surface area is 154 Å². The van der Waals surface area contributed by atoms with Gasteiger partial charge in [-0.3, -0.25) is 4.90 Å². The Bertz CT molecular complexity index is 844. The van der Waals surface area contributed by atoms with Crippen molar-refractivity contribution in [3.05, 3.63) is 71.9 Å². The first-order chi connectivity index (χ1) is 12.8. The number of aliphatic hydroxyl groups is 1. The molecule has 1 fully saturated rings. The molecule has 0 radical (unpaired) electrons. The average Bonchev–Trinajstić information content (AvgIpc) is 2.92. The zero-order chi connectivity index (χ0) is 17.8. The lowest BCUT2D eigenvalue weighted by Crippen LogP contribution is -2.31. The second-order valence-electron chi connectivity index (χ2n) is 7.18. The summed E-state index contributed by atoms with van der Waals surface area (Å²) in [5.41, 5.74) is 3.89. The van der Waals surface area contributed by atoms with Gasteiger partial charge in [0.25, 0.3) is 0 Å². The molecule has 1 saturated heterocycles. The molecule has 0 bridgehead atoms. The molecular formula is C22H26N2O2. The summed E-state index contributed by atoms with van der Waals surface area (Å²) in [5.74, 6) is 0.211. The Kier molecular flexibility index (Phi) is 5.34. The quantitative estimate of drug-likeness (QED) is 0.768. The molecule has 4 rings (SSSR count). The second-order valence-corrected chi connectivity index (χ2v) is 7.18. The second kappa shape index (κ2) is 8.04. The third-order valence-electron chi connectivity index (χ3n) is 5.12. The number of aliphatic hydroxyl groups excluding tert-OH is 1. The average molecular weight is 350 g/mol. The van der Waals surface area contributed by atoms with E-state index >= 15 is 0 Å². The van der Waals surface area contributed by atoms with Crippen LogP contribution in [0.25, 0.3) is 10.9 Å². The fraction of sp³-hybridized carbons (Fsp3) is 0.364. The SMILES string of the molecule is OC[C@H]1COCCN(Cc2ccc3ccn(Cc4ccccc4)c3c2)C1. The molecule has 0 aliphatic carbocycles. The Morgan fingerprint density at radius 3 is 2.73 bits per heavy atom. The van der Waals surface area contributed by atoms with Crippen LogP contribution in [0.1, 0.15) is 11.1 Å². The van der Waals surface area contributed by atoms with Gasteiger partial charge in [-0.25, -0.2) is 0 Å². The minimum atomic E-state index is 0.190. The molecule has 0 spiro atoms. The van der Waals surface area contributed by atoms with Crippen molar-refractivity contribution in [1.82, 2.24) is 9.47 Å². The maximum absolute atomic E-state index is 9.48. The maximum Gasteiger partial charge on any atom is 0.0593 e. The van der Waals surface area contributed by atoms with E-state index in [1.165, 1.54) is 22.0 Å². The van der Waals surface area contributed by atoms with Gasteiger partial charge in [0, 0.05) is 50.4 Å². The lowest BCUT2D eigenvalue weighted by atomic mass is 10.1. The first-order valence-corrected chi connectivity index (χ1v) is 9.34. The molecule has 136 valence electrons. The molecular weight excluding hydrogens is 324 g/mol. The Morgan fingerprint density at radius 2 is 1.88 bits per heavy atom. The van der Waals surface area contributed by atoms with Crippen LogP contribution in [-0.2, 0) is 17.8 Å². The van der Waals surface area contributed by atoms with Gasteiger partial charge in [0.2, 0.25) is 0 Å². The highest BCUT2D eigenvalue weighted by Crippen LogP contribution is 2.21. The minimum absolute atomic E-state index is 0.190. The molecule has 4 nitrogen and oxygen atoms in total. The topological polar surface area (TPSA) is 37.6 Å². The van der Waals surface area contributed by atoms with E-state index in [0.717, 1.165) is 32.8 Å². The van der Waals surface area contributed by atoms with Gasteiger partial charge in [0.15, 0.2) is 0 Å². The lowest BCUT2D eigenvalue weighted by Gasteiger charge is -2.22. The highest BCUT2D eigenvalue weighted by Gasteiger charge is 2.18. The smallest absolute Gasteiger partial charge is 0.0593 e. The van der Waals surface area contributed by atoms with Gasteiger partial charge in [-0.1, -0.05) is 42.5 Å². The number of fused-ring (bicyclic) bond motifs is 1. The van der Waals surface area contributed by atoms with Gasteiger partial charge in [0.05, 0.1) is 13.2 Å². The fourth-order valence-corrected chi connectivity index (χ4v) is 3.71. The van der Waals surface area contributed by atoms with E-state index in [1.807, 2.05) is 0 Å². The van der Waals surface area contributed by atoms with Crippen LogP contribution in [0, 0.1) is 5.92 Å². The number of hydrogen-bond donors (Lipinski definition) is 1. The molecule has 26 heavy (non-hydrogen) atoms. The van der Waals surface area contributed by atoms with Crippen molar-refractivity contribution in [3.63, 3.8) is 0 Å². The first-order valence-electron chi connectivity index (χ1n) is 9.34. The number of rotatable bonds is 5. The van der Waals surface area contributed by atoms with Crippen LogP contribution in [0.15, 0.2) is 60.8 Å². The minimum Gasteiger partial charge on any atom is -0.396 e. The molecule has 0 unspecified atom stereocenters. The molecule has 1 aliphatic heterocycles. The zero-order valence-electron chi connectivity index (χ0n) is 15.1. The Balaban J connectivity index is 1.54. The van der Waals surface area contributed by atoms with Crippen molar-refractivity contribution < 1.29 is 9.84 Å². The molecule has 1 aliphatic rings. The summed E-state index contributed by atoms with van der Waals surface area (Å²) in [6.07, 6.45) is 2.17. The summed E-state index contributed by atoms with van der Waals surface area (Å²) in [5, 5.41) is 10.8. The van der Waals surface area contributed by atoms with Crippen LogP contribution in [0.5, 0.6) is 0 Å². The van der Waals surface area contributed by atoms with Gasteiger partial charge in [-0.15, -0.1) is 0 Å². The van der Waals surface area contributed by atoms with Gasteiger partial charge in [-0.05, 0) is 28.6 Å². The van der Waals surface area contributed by atoms with E-state index in [4.69, 9.17) is 4.74 Å². The third kappa shape index (κ3) is 3.98. The molecule has 3 aromatic rings. The largest absolute Gasteiger partial charge is 0.396 e. The summed E-state index contributed by atoms with van der Waals surface area (Å²) < 4.78 is 7.92. The molecule has 1 N–H and O–H groups in total. The zero-order valence-corrected chi connectivity index (χ0v) is 15.1. The first kappa shape index (κ1) is 17.3. The van der Waals surface area contributed by atoms with Crippen molar-refractivity contribution >= 4 is 10.9 Å². The van der Waals surface area contributed by atoms with E-state index < -0.39 is 0 Å². The van der Waals surface area contributed by atoms with Crippen LogP contribution in [0.2, 0.25) is 0 Å². The lowest BCUT2D eigenvalue weighted by molar-refractivity contribution is 0.0958. The van der Waals surface area contributed by atoms with Crippen molar-refractivity contribution in [2.24, 2.45) is 5.92 Å². The third-order valence-corrected chi connectivity index (χ3v) is 5.12. The van der Waals surface area contributed by atoms with Crippen LogP contribution >= 0.6 is 0 Å². The van der Waals surface area contributed by atoms with Gasteiger partial charge >= 0.3 is 0 Å². The number of hydrogen-bond acceptors (Lipinski definition) is 3. The van der Waals surface area contributed by atoms with Crippen LogP contribution in [0.4, 0.5) is 0 Å². The van der Waals surface area contributed by atoms with Gasteiger partial charge in [0.1, 0.15) is 0 Å². The van der Waals surface area contributed by atoms with Crippen LogP contribution in [0.3, 0.4) is 0 Å². The summed E-state index contributed by atoms with van der Waals surface area (Å²) in [6.45, 7) is 5.17. The molecule has 0 saturated carbocycles. The number of ether oxygens (including phenoxy) is 1. The number of nitrogens with zero attached hydrogens (tertiary/aromatic N) is 2. The maximum atomic E-state index is 9.48. The van der Waals surface area contributed by atoms with E-state index in [0.29, 0.717) is 6.61 Å². The molecule has 0 amide bonds. The monoisotopic (exact) mass is 350 g/mol. The highest BCUT2D eigenvalue weighted by atomic mass is 16.5. The van der Waals surface area contributed by atoms with Crippen LogP contribution in [-0.4, -0.2) is 47.5 Å². The van der Waals surface area contributed by atoms with Gasteiger partial charge < -0.3 is 14.4 Å². The predicted octanol–water partition coefficient (Wildman–Crippen LogP) is 3.13. The van der Waals surface area contributed by atoms with E-state index in [-0.39, 0.29) is 12.5 Å². The van der Waals surface area contributed by atoms with Crippen molar-refractivity contribution in [2.45, 2.75) is 13.1 Å². The Hall–Kier alpha value is -2.14. The number of aromatic nitrogens is 1. The van der Waals surface area contributed by atoms with E-state index in [2.05, 4.69) is 70.3 Å². The fourth-order valence-electron chi connectivity index (χ4n) is 3.71. The van der Waals surface area contributed by atoms with Crippen LogP contribution < -0.4 is 0 Å². The predicted molar refractivity (Wildman–Crippen MR) is 104 cm³/mol.